The Morgan fingerprint density at radius 1 is 1.61 bits per heavy atom. The third kappa shape index (κ3) is 4.11. The molecule has 4 nitrogen and oxygen atoms in total. The monoisotopic (exact) mass is 247 g/mol. The minimum atomic E-state index is 0.151. The zero-order chi connectivity index (χ0) is 12.8. The van der Waals surface area contributed by atoms with Crippen LogP contribution in [0, 0.1) is 0 Å². The van der Waals surface area contributed by atoms with Crippen molar-refractivity contribution >= 4 is 5.91 Å². The molecule has 1 fully saturated rings. The van der Waals surface area contributed by atoms with Gasteiger partial charge in [-0.3, -0.25) is 9.78 Å². The molecule has 2 atom stereocenters. The first-order valence-corrected chi connectivity index (χ1v) is 6.65. The second-order valence-corrected chi connectivity index (χ2v) is 5.01. The number of carbonyl (C=O) groups is 1. The molecule has 0 spiro atoms. The van der Waals surface area contributed by atoms with Crippen LogP contribution in [0.25, 0.3) is 0 Å². The van der Waals surface area contributed by atoms with Crippen LogP contribution in [0.15, 0.2) is 24.5 Å². The number of aryl methyl sites for hydroxylation is 1. The van der Waals surface area contributed by atoms with Crippen molar-refractivity contribution < 1.29 is 4.79 Å². The van der Waals surface area contributed by atoms with E-state index in [-0.39, 0.29) is 5.91 Å². The molecule has 0 aliphatic carbocycles. The van der Waals surface area contributed by atoms with Gasteiger partial charge >= 0.3 is 0 Å². The molecule has 2 rings (SSSR count). The molecule has 2 heterocycles. The van der Waals surface area contributed by atoms with Crippen molar-refractivity contribution in [2.75, 3.05) is 6.54 Å². The molecule has 1 aliphatic rings. The van der Waals surface area contributed by atoms with E-state index in [0.717, 1.165) is 31.4 Å². The maximum Gasteiger partial charge on any atom is 0.220 e. The Hall–Kier alpha value is -1.42. The van der Waals surface area contributed by atoms with Gasteiger partial charge < -0.3 is 10.6 Å². The molecule has 1 amide bonds. The highest BCUT2D eigenvalue weighted by molar-refractivity contribution is 5.76. The summed E-state index contributed by atoms with van der Waals surface area (Å²) < 4.78 is 0. The predicted molar refractivity (Wildman–Crippen MR) is 71.2 cm³/mol. The van der Waals surface area contributed by atoms with Gasteiger partial charge in [-0.15, -0.1) is 0 Å². The highest BCUT2D eigenvalue weighted by atomic mass is 16.1. The van der Waals surface area contributed by atoms with Gasteiger partial charge in [0.25, 0.3) is 0 Å². The molecule has 0 aromatic carbocycles. The number of nitrogens with zero attached hydrogens (tertiary/aromatic N) is 1. The number of hydrogen-bond acceptors (Lipinski definition) is 3. The Labute approximate surface area is 108 Å². The van der Waals surface area contributed by atoms with Crippen LogP contribution in [-0.4, -0.2) is 29.5 Å². The molecule has 2 unspecified atom stereocenters. The molecule has 0 bridgehead atoms. The van der Waals surface area contributed by atoms with Gasteiger partial charge in [0, 0.05) is 30.9 Å². The summed E-state index contributed by atoms with van der Waals surface area (Å²) in [5.74, 6) is 0.151. The Morgan fingerprint density at radius 3 is 3.22 bits per heavy atom. The number of hydrogen-bond donors (Lipinski definition) is 2. The van der Waals surface area contributed by atoms with E-state index in [0.29, 0.717) is 18.5 Å². The summed E-state index contributed by atoms with van der Waals surface area (Å²) in [6.45, 7) is 3.16. The number of nitrogens with one attached hydrogen (secondary N) is 2. The lowest BCUT2D eigenvalue weighted by molar-refractivity contribution is -0.122. The van der Waals surface area contributed by atoms with Crippen LogP contribution in [0.1, 0.15) is 31.7 Å². The van der Waals surface area contributed by atoms with Gasteiger partial charge in [0.2, 0.25) is 5.91 Å². The fourth-order valence-corrected chi connectivity index (χ4v) is 2.37. The lowest BCUT2D eigenvalue weighted by Crippen LogP contribution is -2.46. The third-order valence-electron chi connectivity index (χ3n) is 3.35. The Kier molecular flexibility index (Phi) is 4.70. The lowest BCUT2D eigenvalue weighted by atomic mass is 10.0. The third-order valence-corrected chi connectivity index (χ3v) is 3.35. The van der Waals surface area contributed by atoms with Gasteiger partial charge in [-0.05, 0) is 44.4 Å². The normalized spacial score (nSPS) is 23.6. The molecule has 0 saturated carbocycles. The molecule has 18 heavy (non-hydrogen) atoms. The predicted octanol–water partition coefficient (Wildman–Crippen LogP) is 1.27. The van der Waals surface area contributed by atoms with Gasteiger partial charge in [0.15, 0.2) is 0 Å². The number of rotatable bonds is 4. The van der Waals surface area contributed by atoms with Crippen molar-refractivity contribution in [3.05, 3.63) is 30.1 Å². The van der Waals surface area contributed by atoms with Gasteiger partial charge in [-0.2, -0.15) is 0 Å². The van der Waals surface area contributed by atoms with Crippen LogP contribution in [0.5, 0.6) is 0 Å². The average molecular weight is 247 g/mol. The van der Waals surface area contributed by atoms with Crippen LogP contribution < -0.4 is 10.6 Å². The summed E-state index contributed by atoms with van der Waals surface area (Å²) in [5, 5.41) is 6.50. The second-order valence-electron chi connectivity index (χ2n) is 5.01. The van der Waals surface area contributed by atoms with E-state index in [4.69, 9.17) is 0 Å². The molecule has 1 saturated heterocycles. The summed E-state index contributed by atoms with van der Waals surface area (Å²) in [6.07, 6.45) is 6.94. The van der Waals surface area contributed by atoms with E-state index in [9.17, 15) is 4.79 Å². The van der Waals surface area contributed by atoms with E-state index in [1.807, 2.05) is 18.3 Å². The molecule has 4 heteroatoms. The van der Waals surface area contributed by atoms with Crippen LogP contribution in [0.2, 0.25) is 0 Å². The molecule has 1 aliphatic heterocycles. The van der Waals surface area contributed by atoms with Crippen LogP contribution >= 0.6 is 0 Å². The summed E-state index contributed by atoms with van der Waals surface area (Å²) >= 11 is 0. The molecule has 1 aromatic rings. The summed E-state index contributed by atoms with van der Waals surface area (Å²) in [4.78, 5) is 15.9. The number of aromatic nitrogens is 1. The fourth-order valence-electron chi connectivity index (χ4n) is 2.37. The van der Waals surface area contributed by atoms with Gasteiger partial charge in [0.05, 0.1) is 0 Å². The molecule has 0 radical (unpaired) electrons. The van der Waals surface area contributed by atoms with E-state index in [1.165, 1.54) is 0 Å². The summed E-state index contributed by atoms with van der Waals surface area (Å²) in [7, 11) is 0. The zero-order valence-electron chi connectivity index (χ0n) is 10.9. The van der Waals surface area contributed by atoms with Gasteiger partial charge in [-0.1, -0.05) is 6.07 Å². The molecule has 2 N–H and O–H groups in total. The quantitative estimate of drug-likeness (QED) is 0.842. The SMILES string of the molecule is CC1CC(NC(=O)CCc2cccnc2)CCN1. The largest absolute Gasteiger partial charge is 0.353 e. The summed E-state index contributed by atoms with van der Waals surface area (Å²) in [6, 6.07) is 4.75. The van der Waals surface area contributed by atoms with E-state index in [2.05, 4.69) is 22.5 Å². The van der Waals surface area contributed by atoms with Crippen LogP contribution in [0.4, 0.5) is 0 Å². The number of pyridine rings is 1. The van der Waals surface area contributed by atoms with Crippen molar-refractivity contribution in [2.45, 2.75) is 44.7 Å². The highest BCUT2D eigenvalue weighted by Gasteiger charge is 2.19. The standard InChI is InChI=1S/C14H21N3O/c1-11-9-13(6-8-16-11)17-14(18)5-4-12-3-2-7-15-10-12/h2-3,7,10-11,13,16H,4-6,8-9H2,1H3,(H,17,18). The van der Waals surface area contributed by atoms with Crippen molar-refractivity contribution in [1.29, 1.82) is 0 Å². The molecular formula is C14H21N3O. The lowest BCUT2D eigenvalue weighted by Gasteiger charge is -2.28. The zero-order valence-corrected chi connectivity index (χ0v) is 10.9. The molecule has 1 aromatic heterocycles. The topological polar surface area (TPSA) is 54.0 Å². The van der Waals surface area contributed by atoms with Gasteiger partial charge in [0.1, 0.15) is 0 Å². The Morgan fingerprint density at radius 2 is 2.50 bits per heavy atom. The van der Waals surface area contributed by atoms with E-state index < -0.39 is 0 Å². The molecule has 98 valence electrons. The van der Waals surface area contributed by atoms with E-state index in [1.54, 1.807) is 6.20 Å². The first-order chi connectivity index (χ1) is 8.74. The van der Waals surface area contributed by atoms with Gasteiger partial charge in [-0.25, -0.2) is 0 Å². The molecular weight excluding hydrogens is 226 g/mol. The Balaban J connectivity index is 1.72. The van der Waals surface area contributed by atoms with Crippen LogP contribution in [0.3, 0.4) is 0 Å². The van der Waals surface area contributed by atoms with Crippen LogP contribution in [-0.2, 0) is 11.2 Å². The van der Waals surface area contributed by atoms with Crippen molar-refractivity contribution in [2.24, 2.45) is 0 Å². The minimum Gasteiger partial charge on any atom is -0.353 e. The van der Waals surface area contributed by atoms with Crippen molar-refractivity contribution in [3.8, 4) is 0 Å². The number of amides is 1. The maximum absolute atomic E-state index is 11.8. The summed E-state index contributed by atoms with van der Waals surface area (Å²) in [5.41, 5.74) is 1.12. The number of piperidine rings is 1. The maximum atomic E-state index is 11.8. The highest BCUT2D eigenvalue weighted by Crippen LogP contribution is 2.08. The smallest absolute Gasteiger partial charge is 0.220 e. The Bertz CT molecular complexity index is 380. The number of carbonyl (C=O) groups excluding carboxylic acids is 1. The van der Waals surface area contributed by atoms with Crippen molar-refractivity contribution in [1.82, 2.24) is 15.6 Å². The van der Waals surface area contributed by atoms with Crippen molar-refractivity contribution in [3.63, 3.8) is 0 Å². The van der Waals surface area contributed by atoms with E-state index >= 15 is 0 Å². The first kappa shape index (κ1) is 13.0. The second kappa shape index (κ2) is 6.50. The average Bonchev–Trinajstić information content (AvgIpc) is 2.38. The fraction of sp³-hybridized carbons (Fsp3) is 0.571. The first-order valence-electron chi connectivity index (χ1n) is 6.65. The minimum absolute atomic E-state index is 0.151.